The second kappa shape index (κ2) is 4.04. The first-order chi connectivity index (χ1) is 8.51. The Hall–Kier alpha value is -1.42. The SMILES string of the molecule is C[Si](C)(C)c1nc2nc(N)nc(N)c2n1[Si](C)(C)C. The molecule has 0 radical (unpaired) electrons. The average molecular weight is 295 g/mol. The summed E-state index contributed by atoms with van der Waals surface area (Å²) in [7, 11) is -3.25. The topological polar surface area (TPSA) is 95.6 Å². The Bertz CT molecular complexity index is 635. The van der Waals surface area contributed by atoms with Gasteiger partial charge in [-0.3, -0.25) is 0 Å². The van der Waals surface area contributed by atoms with Crippen molar-refractivity contribution in [1.82, 2.24) is 19.2 Å². The Morgan fingerprint density at radius 3 is 1.95 bits per heavy atom. The Morgan fingerprint density at radius 1 is 0.895 bits per heavy atom. The van der Waals surface area contributed by atoms with Gasteiger partial charge in [0, 0.05) is 0 Å². The second-order valence-electron chi connectivity index (χ2n) is 6.83. The van der Waals surface area contributed by atoms with Crippen molar-refractivity contribution in [3.05, 3.63) is 0 Å². The maximum atomic E-state index is 6.06. The molecule has 0 atom stereocenters. The van der Waals surface area contributed by atoms with Crippen molar-refractivity contribution in [3.63, 3.8) is 0 Å². The van der Waals surface area contributed by atoms with Crippen molar-refractivity contribution >= 4 is 44.7 Å². The molecule has 0 spiro atoms. The van der Waals surface area contributed by atoms with Crippen LogP contribution in [0.1, 0.15) is 0 Å². The first kappa shape index (κ1) is 14.0. The normalized spacial score (nSPS) is 13.2. The van der Waals surface area contributed by atoms with E-state index in [0.29, 0.717) is 11.5 Å². The molecule has 0 aromatic carbocycles. The van der Waals surface area contributed by atoms with Gasteiger partial charge in [-0.15, -0.1) is 0 Å². The molecule has 0 aliphatic heterocycles. The van der Waals surface area contributed by atoms with Crippen LogP contribution in [0.4, 0.5) is 11.8 Å². The molecule has 19 heavy (non-hydrogen) atoms. The van der Waals surface area contributed by atoms with Gasteiger partial charge in [0.15, 0.2) is 19.7 Å². The van der Waals surface area contributed by atoms with E-state index in [0.717, 1.165) is 11.0 Å². The molecule has 0 fully saturated rings. The van der Waals surface area contributed by atoms with Crippen molar-refractivity contribution < 1.29 is 0 Å². The number of nitrogens with zero attached hydrogens (tertiary/aromatic N) is 4. The van der Waals surface area contributed by atoms with Crippen LogP contribution < -0.4 is 16.9 Å². The maximum Gasteiger partial charge on any atom is 0.224 e. The monoisotopic (exact) mass is 294 g/mol. The molecule has 2 aromatic heterocycles. The Morgan fingerprint density at radius 2 is 1.47 bits per heavy atom. The van der Waals surface area contributed by atoms with E-state index >= 15 is 0 Å². The number of rotatable bonds is 2. The van der Waals surface area contributed by atoms with Gasteiger partial charge in [0.1, 0.15) is 13.6 Å². The van der Waals surface area contributed by atoms with Gasteiger partial charge >= 0.3 is 0 Å². The molecule has 104 valence electrons. The van der Waals surface area contributed by atoms with Crippen molar-refractivity contribution in [2.24, 2.45) is 0 Å². The van der Waals surface area contributed by atoms with Gasteiger partial charge in [0.25, 0.3) is 0 Å². The van der Waals surface area contributed by atoms with Gasteiger partial charge < -0.3 is 15.7 Å². The Balaban J connectivity index is 2.95. The third-order valence-corrected chi connectivity index (χ3v) is 6.58. The molecule has 0 amide bonds. The lowest BCUT2D eigenvalue weighted by molar-refractivity contribution is 1.18. The van der Waals surface area contributed by atoms with Crippen LogP contribution in [0, 0.1) is 0 Å². The molecule has 0 saturated heterocycles. The quantitative estimate of drug-likeness (QED) is 0.812. The Kier molecular flexibility index (Phi) is 2.98. The summed E-state index contributed by atoms with van der Waals surface area (Å²) < 4.78 is 2.31. The number of nitrogen functional groups attached to an aromatic ring is 2. The molecular formula is C11H22N6Si2. The zero-order chi connectivity index (χ0) is 14.6. The molecule has 2 aromatic rings. The second-order valence-corrected chi connectivity index (χ2v) is 16.6. The molecule has 6 nitrogen and oxygen atoms in total. The van der Waals surface area contributed by atoms with Crippen LogP contribution in [0.2, 0.25) is 39.3 Å². The van der Waals surface area contributed by atoms with E-state index in [4.69, 9.17) is 16.5 Å². The van der Waals surface area contributed by atoms with Crippen molar-refractivity contribution in [3.8, 4) is 0 Å². The molecule has 0 unspecified atom stereocenters. The fourth-order valence-corrected chi connectivity index (χ4v) is 6.99. The fourth-order valence-electron chi connectivity index (χ4n) is 2.18. The lowest BCUT2D eigenvalue weighted by Gasteiger charge is -2.27. The summed E-state index contributed by atoms with van der Waals surface area (Å²) in [4.78, 5) is 13.1. The largest absolute Gasteiger partial charge is 0.382 e. The van der Waals surface area contributed by atoms with E-state index in [9.17, 15) is 0 Å². The van der Waals surface area contributed by atoms with Crippen LogP contribution in [0.25, 0.3) is 11.2 Å². The van der Waals surface area contributed by atoms with Crippen LogP contribution in [0.3, 0.4) is 0 Å². The fraction of sp³-hybridized carbons (Fsp3) is 0.545. The molecule has 0 aliphatic rings. The van der Waals surface area contributed by atoms with Crippen LogP contribution >= 0.6 is 0 Å². The highest BCUT2D eigenvalue weighted by Gasteiger charge is 2.32. The van der Waals surface area contributed by atoms with Gasteiger partial charge in [-0.2, -0.15) is 9.97 Å². The van der Waals surface area contributed by atoms with Crippen molar-refractivity contribution in [2.75, 3.05) is 11.5 Å². The van der Waals surface area contributed by atoms with Crippen LogP contribution in [0.5, 0.6) is 0 Å². The summed E-state index contributed by atoms with van der Waals surface area (Å²) in [5.74, 6) is 0.620. The highest BCUT2D eigenvalue weighted by atomic mass is 28.3. The van der Waals surface area contributed by atoms with Gasteiger partial charge in [0.05, 0.1) is 5.45 Å². The van der Waals surface area contributed by atoms with Gasteiger partial charge in [-0.25, -0.2) is 4.98 Å². The standard InChI is InChI=1S/C11H22N6Si2/c1-18(2,3)11-16-9-7(17(11)19(4,5)6)8(12)14-10(13)15-9/h1-6H3,(H4,12,13,14,15). The van der Waals surface area contributed by atoms with E-state index in [-0.39, 0.29) is 5.95 Å². The molecule has 4 N–H and O–H groups in total. The highest BCUT2D eigenvalue weighted by molar-refractivity contribution is 6.90. The highest BCUT2D eigenvalue weighted by Crippen LogP contribution is 2.22. The minimum atomic E-state index is -1.66. The number of anilines is 2. The maximum absolute atomic E-state index is 6.06. The Labute approximate surface area is 115 Å². The molecule has 2 heterocycles. The van der Waals surface area contributed by atoms with Crippen molar-refractivity contribution in [2.45, 2.75) is 39.3 Å². The van der Waals surface area contributed by atoms with Gasteiger partial charge in [-0.05, 0) is 0 Å². The van der Waals surface area contributed by atoms with E-state index in [1.165, 1.54) is 0 Å². The van der Waals surface area contributed by atoms with Crippen molar-refractivity contribution in [1.29, 1.82) is 0 Å². The zero-order valence-corrected chi connectivity index (χ0v) is 14.4. The average Bonchev–Trinajstić information content (AvgIpc) is 2.55. The summed E-state index contributed by atoms with van der Waals surface area (Å²) in [6, 6.07) is 0. The summed E-state index contributed by atoms with van der Waals surface area (Å²) in [6.45, 7) is 13.6. The van der Waals surface area contributed by atoms with Crippen LogP contribution in [-0.2, 0) is 0 Å². The van der Waals surface area contributed by atoms with E-state index in [1.807, 2.05) is 0 Å². The molecule has 0 bridgehead atoms. The summed E-state index contributed by atoms with van der Waals surface area (Å²) in [5.41, 5.74) is 14.3. The molecule has 0 saturated carbocycles. The van der Waals surface area contributed by atoms with E-state index in [2.05, 4.69) is 53.5 Å². The lowest BCUT2D eigenvalue weighted by atomic mass is 10.5. The third-order valence-electron chi connectivity index (χ3n) is 2.90. The predicted octanol–water partition coefficient (Wildman–Crippen LogP) is 1.22. The van der Waals surface area contributed by atoms with Gasteiger partial charge in [-0.1, -0.05) is 39.3 Å². The first-order valence-corrected chi connectivity index (χ1v) is 13.3. The molecular weight excluding hydrogens is 272 g/mol. The first-order valence-electron chi connectivity index (χ1n) is 6.34. The number of nitrogens with two attached hydrogens (primary N) is 2. The number of hydrogen-bond donors (Lipinski definition) is 2. The summed E-state index contributed by atoms with van der Waals surface area (Å²) >= 11 is 0. The summed E-state index contributed by atoms with van der Waals surface area (Å²) in [6.07, 6.45) is 0. The number of hydrogen-bond acceptors (Lipinski definition) is 5. The van der Waals surface area contributed by atoms with E-state index in [1.54, 1.807) is 0 Å². The molecule has 2 rings (SSSR count). The predicted molar refractivity (Wildman–Crippen MR) is 85.9 cm³/mol. The summed E-state index contributed by atoms with van der Waals surface area (Å²) in [5, 5.41) is 0. The molecule has 8 heteroatoms. The third kappa shape index (κ3) is 2.37. The number of imidazole rings is 1. The minimum Gasteiger partial charge on any atom is -0.382 e. The lowest BCUT2D eigenvalue weighted by Crippen LogP contribution is -2.51. The minimum absolute atomic E-state index is 0.187. The van der Waals surface area contributed by atoms with Crippen LogP contribution in [-0.4, -0.2) is 35.5 Å². The zero-order valence-electron chi connectivity index (χ0n) is 12.4. The smallest absolute Gasteiger partial charge is 0.224 e. The van der Waals surface area contributed by atoms with Gasteiger partial charge in [0.2, 0.25) is 5.95 Å². The number of aromatic nitrogens is 4. The van der Waals surface area contributed by atoms with E-state index < -0.39 is 16.3 Å². The molecule has 0 aliphatic carbocycles. The van der Waals surface area contributed by atoms with Crippen LogP contribution in [0.15, 0.2) is 0 Å². The number of fused-ring (bicyclic) bond motifs is 1.